The second-order valence-electron chi connectivity index (χ2n) is 3.93. The number of hydrogen-bond acceptors (Lipinski definition) is 4. The monoisotopic (exact) mass is 245 g/mol. The predicted octanol–water partition coefficient (Wildman–Crippen LogP) is 2.01. The van der Waals surface area contributed by atoms with E-state index in [1.807, 2.05) is 6.92 Å². The van der Waals surface area contributed by atoms with Crippen LogP contribution in [-0.2, 0) is 11.3 Å². The zero-order valence-corrected chi connectivity index (χ0v) is 9.55. The van der Waals surface area contributed by atoms with E-state index >= 15 is 0 Å². The molecule has 0 radical (unpaired) electrons. The maximum Gasteiger partial charge on any atom is 0.408 e. The Kier molecular flexibility index (Phi) is 3.11. The highest BCUT2D eigenvalue weighted by molar-refractivity contribution is 6.32. The van der Waals surface area contributed by atoms with Crippen molar-refractivity contribution >= 4 is 17.4 Å². The van der Waals surface area contributed by atoms with Crippen LogP contribution >= 0.6 is 11.6 Å². The Morgan fingerprint density at radius 1 is 1.75 bits per heavy atom. The Morgan fingerprint density at radius 2 is 2.50 bits per heavy atom. The summed E-state index contributed by atoms with van der Waals surface area (Å²) in [6.07, 6.45) is 3.76. The van der Waals surface area contributed by atoms with Crippen LogP contribution in [0.5, 0.6) is 0 Å². The van der Waals surface area contributed by atoms with Crippen LogP contribution in [0.4, 0.5) is 5.82 Å². The molecule has 0 spiro atoms. The van der Waals surface area contributed by atoms with E-state index in [9.17, 15) is 10.1 Å². The Labute approximate surface area is 97.3 Å². The van der Waals surface area contributed by atoms with Crippen molar-refractivity contribution in [2.75, 3.05) is 0 Å². The van der Waals surface area contributed by atoms with E-state index in [0.717, 1.165) is 12.8 Å². The molecular formula is C9H12ClN3O3. The molecule has 2 atom stereocenters. The van der Waals surface area contributed by atoms with E-state index in [0.29, 0.717) is 6.54 Å². The maximum atomic E-state index is 10.5. The lowest BCUT2D eigenvalue weighted by Crippen LogP contribution is -2.16. The predicted molar refractivity (Wildman–Crippen MR) is 57.5 cm³/mol. The van der Waals surface area contributed by atoms with Gasteiger partial charge in [-0.1, -0.05) is 11.6 Å². The normalized spacial score (nSPS) is 24.9. The van der Waals surface area contributed by atoms with Crippen molar-refractivity contribution in [3.63, 3.8) is 0 Å². The maximum absolute atomic E-state index is 10.5. The molecule has 1 saturated heterocycles. The van der Waals surface area contributed by atoms with Crippen LogP contribution < -0.4 is 0 Å². The van der Waals surface area contributed by atoms with Gasteiger partial charge in [0.25, 0.3) is 0 Å². The SMILES string of the molecule is CC1CCC(Cn2cc(Cl)c([N+](=O)[O-])n2)O1. The molecule has 0 saturated carbocycles. The van der Waals surface area contributed by atoms with E-state index in [4.69, 9.17) is 16.3 Å². The van der Waals surface area contributed by atoms with Crippen LogP contribution in [0.3, 0.4) is 0 Å². The fourth-order valence-electron chi connectivity index (χ4n) is 1.83. The zero-order valence-electron chi connectivity index (χ0n) is 8.80. The van der Waals surface area contributed by atoms with Crippen LogP contribution in [-0.4, -0.2) is 26.9 Å². The van der Waals surface area contributed by atoms with Crippen molar-refractivity contribution in [2.45, 2.75) is 38.5 Å². The van der Waals surface area contributed by atoms with Crippen molar-refractivity contribution in [3.8, 4) is 0 Å². The highest BCUT2D eigenvalue weighted by Gasteiger charge is 2.25. The Hall–Kier alpha value is -1.14. The number of hydrogen-bond donors (Lipinski definition) is 0. The molecule has 2 heterocycles. The smallest absolute Gasteiger partial charge is 0.373 e. The van der Waals surface area contributed by atoms with Crippen molar-refractivity contribution < 1.29 is 9.66 Å². The first-order valence-corrected chi connectivity index (χ1v) is 5.47. The lowest BCUT2D eigenvalue weighted by atomic mass is 10.2. The highest BCUT2D eigenvalue weighted by Crippen LogP contribution is 2.24. The average molecular weight is 246 g/mol. The minimum absolute atomic E-state index is 0.0658. The molecule has 0 N–H and O–H groups in total. The molecule has 7 heteroatoms. The van der Waals surface area contributed by atoms with E-state index in [1.54, 1.807) is 0 Å². The van der Waals surface area contributed by atoms with Crippen LogP contribution in [0.25, 0.3) is 0 Å². The zero-order chi connectivity index (χ0) is 11.7. The number of nitrogens with zero attached hydrogens (tertiary/aromatic N) is 3. The van der Waals surface area contributed by atoms with E-state index in [-0.39, 0.29) is 23.0 Å². The van der Waals surface area contributed by atoms with Gasteiger partial charge in [0.2, 0.25) is 0 Å². The molecule has 0 amide bonds. The lowest BCUT2D eigenvalue weighted by Gasteiger charge is -2.08. The van der Waals surface area contributed by atoms with Crippen molar-refractivity contribution in [3.05, 3.63) is 21.3 Å². The number of halogens is 1. The van der Waals surface area contributed by atoms with E-state index < -0.39 is 4.92 Å². The summed E-state index contributed by atoms with van der Waals surface area (Å²) in [5.74, 6) is -0.298. The van der Waals surface area contributed by atoms with Gasteiger partial charge >= 0.3 is 5.82 Å². The fourth-order valence-corrected chi connectivity index (χ4v) is 2.05. The molecule has 1 aliphatic rings. The summed E-state index contributed by atoms with van der Waals surface area (Å²) in [7, 11) is 0. The van der Waals surface area contributed by atoms with Crippen LogP contribution in [0.15, 0.2) is 6.20 Å². The first-order valence-electron chi connectivity index (χ1n) is 5.09. The first-order chi connectivity index (χ1) is 7.56. The molecule has 0 aliphatic carbocycles. The standard InChI is InChI=1S/C9H12ClN3O3/c1-6-2-3-7(16-6)4-12-5-8(10)9(11-12)13(14)15/h5-7H,2-4H2,1H3. The van der Waals surface area contributed by atoms with E-state index in [1.165, 1.54) is 10.9 Å². The molecule has 2 unspecified atom stereocenters. The van der Waals surface area contributed by atoms with Gasteiger partial charge in [0.05, 0.1) is 30.0 Å². The Bertz CT molecular complexity index is 407. The average Bonchev–Trinajstić information content (AvgIpc) is 2.73. The summed E-state index contributed by atoms with van der Waals surface area (Å²) < 4.78 is 7.08. The molecule has 1 aromatic heterocycles. The summed E-state index contributed by atoms with van der Waals surface area (Å²) in [4.78, 5) is 9.95. The van der Waals surface area contributed by atoms with Crippen LogP contribution in [0, 0.1) is 10.1 Å². The van der Waals surface area contributed by atoms with Gasteiger partial charge in [-0.05, 0) is 24.7 Å². The van der Waals surface area contributed by atoms with Gasteiger partial charge in [-0.3, -0.25) is 0 Å². The topological polar surface area (TPSA) is 70.2 Å². The molecule has 0 bridgehead atoms. The van der Waals surface area contributed by atoms with Crippen molar-refractivity contribution in [1.29, 1.82) is 0 Å². The first kappa shape index (κ1) is 11.3. The van der Waals surface area contributed by atoms with Crippen molar-refractivity contribution in [1.82, 2.24) is 9.78 Å². The third-order valence-electron chi connectivity index (χ3n) is 2.58. The molecular weight excluding hydrogens is 234 g/mol. The number of nitro groups is 1. The summed E-state index contributed by atoms with van der Waals surface area (Å²) in [6.45, 7) is 2.52. The van der Waals surface area contributed by atoms with Gasteiger partial charge in [0, 0.05) is 0 Å². The second-order valence-corrected chi connectivity index (χ2v) is 4.33. The van der Waals surface area contributed by atoms with Gasteiger partial charge in [-0.25, -0.2) is 0 Å². The van der Waals surface area contributed by atoms with Gasteiger partial charge < -0.3 is 14.9 Å². The third kappa shape index (κ3) is 2.33. The molecule has 2 rings (SSSR count). The molecule has 1 aliphatic heterocycles. The number of ether oxygens (including phenoxy) is 1. The van der Waals surface area contributed by atoms with Crippen LogP contribution in [0.1, 0.15) is 19.8 Å². The minimum atomic E-state index is -0.586. The number of rotatable bonds is 3. The van der Waals surface area contributed by atoms with Crippen molar-refractivity contribution in [2.24, 2.45) is 0 Å². The number of aromatic nitrogens is 2. The molecule has 6 nitrogen and oxygen atoms in total. The largest absolute Gasteiger partial charge is 0.408 e. The summed E-state index contributed by atoms with van der Waals surface area (Å²) >= 11 is 5.69. The molecule has 1 fully saturated rings. The quantitative estimate of drug-likeness (QED) is 0.603. The minimum Gasteiger partial charge on any atom is -0.373 e. The second kappa shape index (κ2) is 4.39. The highest BCUT2D eigenvalue weighted by atomic mass is 35.5. The van der Waals surface area contributed by atoms with E-state index in [2.05, 4.69) is 5.10 Å². The summed E-state index contributed by atoms with van der Waals surface area (Å²) in [5.41, 5.74) is 0. The van der Waals surface area contributed by atoms with Gasteiger partial charge in [-0.15, -0.1) is 0 Å². The molecule has 88 valence electrons. The van der Waals surface area contributed by atoms with Gasteiger partial charge in [0.15, 0.2) is 5.02 Å². The Morgan fingerprint density at radius 3 is 3.00 bits per heavy atom. The molecule has 0 aromatic carbocycles. The summed E-state index contributed by atoms with van der Waals surface area (Å²) in [6, 6.07) is 0. The molecule has 1 aromatic rings. The lowest BCUT2D eigenvalue weighted by molar-refractivity contribution is -0.389. The molecule has 16 heavy (non-hydrogen) atoms. The van der Waals surface area contributed by atoms with Crippen LogP contribution in [0.2, 0.25) is 5.02 Å². The third-order valence-corrected chi connectivity index (χ3v) is 2.85. The fraction of sp³-hybridized carbons (Fsp3) is 0.667. The Balaban J connectivity index is 2.05. The summed E-state index contributed by atoms with van der Waals surface area (Å²) in [5, 5.41) is 14.4. The van der Waals surface area contributed by atoms with Gasteiger partial charge in [0.1, 0.15) is 0 Å². The van der Waals surface area contributed by atoms with Gasteiger partial charge in [-0.2, -0.15) is 4.68 Å².